The summed E-state index contributed by atoms with van der Waals surface area (Å²) in [5, 5.41) is 9.79. The van der Waals surface area contributed by atoms with E-state index in [0.717, 1.165) is 11.8 Å². The average Bonchev–Trinajstić information content (AvgIpc) is 3.28. The Labute approximate surface area is 181 Å². The van der Waals surface area contributed by atoms with Gasteiger partial charge < -0.3 is 22.1 Å². The number of carbonyl (C=O) groups is 1. The van der Waals surface area contributed by atoms with E-state index in [1.165, 1.54) is 0 Å². The molecule has 0 spiro atoms. The lowest BCUT2D eigenvalue weighted by atomic mass is 9.87. The van der Waals surface area contributed by atoms with Gasteiger partial charge in [0.25, 0.3) is 11.8 Å². The van der Waals surface area contributed by atoms with Gasteiger partial charge in [0.15, 0.2) is 11.6 Å². The van der Waals surface area contributed by atoms with E-state index >= 15 is 0 Å². The molecule has 2 atom stereocenters. The number of alkyl halides is 2. The number of rotatable bonds is 6. The molecule has 1 aliphatic rings. The van der Waals surface area contributed by atoms with Gasteiger partial charge in [-0.1, -0.05) is 6.07 Å². The fourth-order valence-electron chi connectivity index (χ4n) is 3.69. The van der Waals surface area contributed by atoms with Crippen LogP contribution >= 0.6 is 0 Å². The zero-order valence-corrected chi connectivity index (χ0v) is 16.9. The Morgan fingerprint density at radius 1 is 1.22 bits per heavy atom. The van der Waals surface area contributed by atoms with Gasteiger partial charge in [0.2, 0.25) is 0 Å². The normalized spacial score (nSPS) is 20.0. The zero-order chi connectivity index (χ0) is 22.9. The van der Waals surface area contributed by atoms with Gasteiger partial charge in [-0.25, -0.2) is 22.8 Å². The Bertz CT molecular complexity index is 1120. The van der Waals surface area contributed by atoms with Crippen molar-refractivity contribution >= 4 is 23.2 Å². The molecule has 0 radical (unpaired) electrons. The SMILES string of the molecule is NC(=O)c1cc(F)c(N[C@@H]2CCCC(F)(F)[C@@H]2N)nc1Nc1cccc(-n2cccn2)c1. The Morgan fingerprint density at radius 3 is 2.75 bits per heavy atom. The van der Waals surface area contributed by atoms with Crippen LogP contribution in [-0.2, 0) is 0 Å². The molecule has 1 fully saturated rings. The molecule has 2 heterocycles. The van der Waals surface area contributed by atoms with Crippen LogP contribution in [0.5, 0.6) is 0 Å². The predicted octanol–water partition coefficient (Wildman–Crippen LogP) is 3.18. The maximum Gasteiger partial charge on any atom is 0.264 e. The summed E-state index contributed by atoms with van der Waals surface area (Å²) >= 11 is 0. The van der Waals surface area contributed by atoms with E-state index in [-0.39, 0.29) is 30.0 Å². The van der Waals surface area contributed by atoms with Crippen LogP contribution in [0.15, 0.2) is 48.8 Å². The van der Waals surface area contributed by atoms with Crippen LogP contribution in [0.4, 0.5) is 30.5 Å². The third kappa shape index (κ3) is 4.37. The van der Waals surface area contributed by atoms with Gasteiger partial charge in [0, 0.05) is 30.5 Å². The Morgan fingerprint density at radius 2 is 2.03 bits per heavy atom. The summed E-state index contributed by atoms with van der Waals surface area (Å²) in [6, 6.07) is 7.36. The minimum absolute atomic E-state index is 0.0184. The molecule has 32 heavy (non-hydrogen) atoms. The summed E-state index contributed by atoms with van der Waals surface area (Å²) in [5.41, 5.74) is 12.2. The van der Waals surface area contributed by atoms with Crippen LogP contribution in [0, 0.1) is 5.82 Å². The molecule has 6 N–H and O–H groups in total. The Kier molecular flexibility index (Phi) is 5.74. The highest BCUT2D eigenvalue weighted by atomic mass is 19.3. The molecule has 1 amide bonds. The van der Waals surface area contributed by atoms with E-state index in [1.807, 2.05) is 6.07 Å². The molecule has 1 aliphatic carbocycles. The lowest BCUT2D eigenvalue weighted by Gasteiger charge is -2.36. The molecule has 2 aromatic heterocycles. The third-order valence-corrected chi connectivity index (χ3v) is 5.39. The number of anilines is 3. The topological polar surface area (TPSA) is 124 Å². The quantitative estimate of drug-likeness (QED) is 0.462. The number of nitrogens with one attached hydrogen (secondary N) is 2. The predicted molar refractivity (Wildman–Crippen MR) is 114 cm³/mol. The van der Waals surface area contributed by atoms with Gasteiger partial charge in [0.05, 0.1) is 17.3 Å². The van der Waals surface area contributed by atoms with Crippen molar-refractivity contribution in [3.63, 3.8) is 0 Å². The highest BCUT2D eigenvalue weighted by Gasteiger charge is 2.45. The van der Waals surface area contributed by atoms with Gasteiger partial charge in [-0.3, -0.25) is 4.79 Å². The van der Waals surface area contributed by atoms with E-state index in [0.29, 0.717) is 12.1 Å². The first kappa shape index (κ1) is 21.6. The van der Waals surface area contributed by atoms with Crippen molar-refractivity contribution in [2.24, 2.45) is 11.5 Å². The van der Waals surface area contributed by atoms with Crippen LogP contribution < -0.4 is 22.1 Å². The van der Waals surface area contributed by atoms with E-state index in [2.05, 4.69) is 20.7 Å². The highest BCUT2D eigenvalue weighted by Crippen LogP contribution is 2.34. The molecule has 1 aromatic carbocycles. The molecule has 3 aromatic rings. The maximum atomic E-state index is 14.7. The van der Waals surface area contributed by atoms with E-state index in [4.69, 9.17) is 11.5 Å². The monoisotopic (exact) mass is 445 g/mol. The van der Waals surface area contributed by atoms with Gasteiger partial charge in [0.1, 0.15) is 5.82 Å². The molecule has 8 nitrogen and oxygen atoms in total. The van der Waals surface area contributed by atoms with Crippen molar-refractivity contribution in [2.75, 3.05) is 10.6 Å². The number of primary amides is 1. The summed E-state index contributed by atoms with van der Waals surface area (Å²) in [7, 11) is 0. The minimum Gasteiger partial charge on any atom is -0.365 e. The lowest BCUT2D eigenvalue weighted by Crippen LogP contribution is -2.55. The lowest BCUT2D eigenvalue weighted by molar-refractivity contribution is -0.0555. The molecule has 11 heteroatoms. The van der Waals surface area contributed by atoms with Crippen LogP contribution in [-0.4, -0.2) is 38.7 Å². The van der Waals surface area contributed by atoms with Gasteiger partial charge in [-0.2, -0.15) is 5.10 Å². The second kappa shape index (κ2) is 8.50. The van der Waals surface area contributed by atoms with Crippen molar-refractivity contribution < 1.29 is 18.0 Å². The van der Waals surface area contributed by atoms with Crippen LogP contribution in [0.2, 0.25) is 0 Å². The fourth-order valence-corrected chi connectivity index (χ4v) is 3.69. The first-order chi connectivity index (χ1) is 15.2. The van der Waals surface area contributed by atoms with Gasteiger partial charge >= 0.3 is 0 Å². The van der Waals surface area contributed by atoms with Crippen LogP contribution in [0.3, 0.4) is 0 Å². The average molecular weight is 445 g/mol. The van der Waals surface area contributed by atoms with Crippen LogP contribution in [0.25, 0.3) is 5.69 Å². The van der Waals surface area contributed by atoms with Gasteiger partial charge in [-0.05, 0) is 43.2 Å². The number of hydrogen-bond acceptors (Lipinski definition) is 6. The maximum absolute atomic E-state index is 14.7. The Balaban J connectivity index is 1.64. The standard InChI is InChI=1S/C21H22F3N7O/c22-15-11-14(18(26)32)19(28-12-4-1-5-13(10-12)31-9-3-8-27-31)30-20(15)29-16-6-2-7-21(23,24)17(16)25/h1,3-5,8-11,16-17H,2,6-7,25H2,(H2,26,32)(H2,28,29,30)/t16-,17-/m1/s1. The number of halogens is 3. The van der Waals surface area contributed by atoms with Crippen molar-refractivity contribution in [3.8, 4) is 5.69 Å². The molecule has 4 rings (SSSR count). The summed E-state index contributed by atoms with van der Waals surface area (Å²) in [4.78, 5) is 16.0. The number of benzene rings is 1. The molecular formula is C21H22F3N7O. The number of pyridine rings is 1. The first-order valence-corrected chi connectivity index (χ1v) is 10.0. The number of nitrogens with two attached hydrogens (primary N) is 2. The molecule has 0 saturated heterocycles. The molecule has 168 valence electrons. The molecule has 0 unspecified atom stereocenters. The molecule has 0 bridgehead atoms. The van der Waals surface area contributed by atoms with Crippen molar-refractivity contribution in [2.45, 2.75) is 37.3 Å². The summed E-state index contributed by atoms with van der Waals surface area (Å²) in [5.74, 6) is -5.16. The van der Waals surface area contributed by atoms with Crippen molar-refractivity contribution in [1.29, 1.82) is 0 Å². The third-order valence-electron chi connectivity index (χ3n) is 5.39. The molecular weight excluding hydrogens is 423 g/mol. The molecule has 1 saturated carbocycles. The largest absolute Gasteiger partial charge is 0.365 e. The second-order valence-corrected chi connectivity index (χ2v) is 7.64. The summed E-state index contributed by atoms with van der Waals surface area (Å²) in [6.07, 6.45) is 3.65. The highest BCUT2D eigenvalue weighted by molar-refractivity contribution is 5.98. The number of carbonyl (C=O) groups excluding carboxylic acids is 1. The summed E-state index contributed by atoms with van der Waals surface area (Å²) < 4.78 is 44.3. The number of nitrogens with zero attached hydrogens (tertiary/aromatic N) is 3. The van der Waals surface area contributed by atoms with E-state index in [1.54, 1.807) is 41.3 Å². The number of aromatic nitrogens is 3. The van der Waals surface area contributed by atoms with Crippen molar-refractivity contribution in [3.05, 3.63) is 60.2 Å². The van der Waals surface area contributed by atoms with Crippen molar-refractivity contribution in [1.82, 2.24) is 14.8 Å². The first-order valence-electron chi connectivity index (χ1n) is 10.0. The summed E-state index contributed by atoms with van der Waals surface area (Å²) in [6.45, 7) is 0. The second-order valence-electron chi connectivity index (χ2n) is 7.64. The smallest absolute Gasteiger partial charge is 0.264 e. The number of amides is 1. The van der Waals surface area contributed by atoms with Crippen LogP contribution in [0.1, 0.15) is 29.6 Å². The Hall–Kier alpha value is -3.60. The van der Waals surface area contributed by atoms with E-state index < -0.39 is 29.7 Å². The van der Waals surface area contributed by atoms with E-state index in [9.17, 15) is 18.0 Å². The molecule has 0 aliphatic heterocycles. The van der Waals surface area contributed by atoms with Gasteiger partial charge in [-0.15, -0.1) is 0 Å². The zero-order valence-electron chi connectivity index (χ0n) is 16.9. The fraction of sp³-hybridized carbons (Fsp3) is 0.286. The minimum atomic E-state index is -3.06. The number of hydrogen-bond donors (Lipinski definition) is 4.